The van der Waals surface area contributed by atoms with Crippen LogP contribution in [0.5, 0.6) is 0 Å². The Kier molecular flexibility index (Phi) is 5.88. The number of nitrogens with one attached hydrogen (secondary N) is 1. The summed E-state index contributed by atoms with van der Waals surface area (Å²) >= 11 is 0. The molecule has 0 amide bonds. The third-order valence-corrected chi connectivity index (χ3v) is 8.44. The van der Waals surface area contributed by atoms with Gasteiger partial charge >= 0.3 is 0 Å². The first-order chi connectivity index (χ1) is 19.3. The predicted octanol–water partition coefficient (Wildman–Crippen LogP) is 3.16. The molecule has 2 N–H and O–H groups in total. The Bertz CT molecular complexity index is 1720. The van der Waals surface area contributed by atoms with Crippen molar-refractivity contribution >= 4 is 22.7 Å². The fourth-order valence-corrected chi connectivity index (χ4v) is 6.22. The molecule has 1 fully saturated rings. The highest BCUT2D eigenvalue weighted by Crippen LogP contribution is 2.37. The van der Waals surface area contributed by atoms with Gasteiger partial charge in [-0.3, -0.25) is 4.79 Å². The molecule has 7 rings (SSSR count). The maximum Gasteiger partial charge on any atom is 0.278 e. The summed E-state index contributed by atoms with van der Waals surface area (Å²) in [6.45, 7) is 9.33. The van der Waals surface area contributed by atoms with Crippen LogP contribution >= 0.6 is 0 Å². The summed E-state index contributed by atoms with van der Waals surface area (Å²) in [4.78, 5) is 29.9. The van der Waals surface area contributed by atoms with E-state index in [4.69, 9.17) is 14.7 Å². The lowest BCUT2D eigenvalue weighted by Gasteiger charge is -2.33. The third kappa shape index (κ3) is 4.06. The number of rotatable bonds is 6. The average Bonchev–Trinajstić information content (AvgIpc) is 3.35. The standard InChI is InChI=1S/C30H33N7O3/c1-4-10-36-28(38)24-14-31-29(34-27(24)37(36)25-6-5-18-7-9-30(2,39)26(18)33-25)32-21-12-19-15-35(3)11-8-22(19)23(13-21)20-16-40-17-20/h4-6,12-14,20,39H,1,7-11,15-17H2,2-3H3,(H,31,32,34)/t30-/m0/s1. The van der Waals surface area contributed by atoms with Crippen LogP contribution in [0.15, 0.2) is 47.9 Å². The fourth-order valence-electron chi connectivity index (χ4n) is 6.22. The van der Waals surface area contributed by atoms with Gasteiger partial charge in [-0.2, -0.15) is 4.98 Å². The second-order valence-electron chi connectivity index (χ2n) is 11.4. The topological polar surface area (TPSA) is 110 Å². The number of ether oxygens (including phenoxy) is 1. The van der Waals surface area contributed by atoms with Gasteiger partial charge < -0.3 is 20.1 Å². The molecule has 5 heterocycles. The van der Waals surface area contributed by atoms with Crippen LogP contribution in [0.25, 0.3) is 16.9 Å². The molecule has 3 aliphatic rings. The number of fused-ring (bicyclic) bond motifs is 3. The molecule has 1 aliphatic carbocycles. The van der Waals surface area contributed by atoms with Crippen LogP contribution < -0.4 is 10.9 Å². The van der Waals surface area contributed by atoms with E-state index in [0.29, 0.717) is 40.8 Å². The Morgan fingerprint density at radius 1 is 1.23 bits per heavy atom. The van der Waals surface area contributed by atoms with E-state index in [0.717, 1.165) is 50.4 Å². The van der Waals surface area contributed by atoms with E-state index in [1.165, 1.54) is 16.7 Å². The molecule has 4 aromatic rings. The zero-order valence-electron chi connectivity index (χ0n) is 22.9. The van der Waals surface area contributed by atoms with E-state index in [1.54, 1.807) is 28.6 Å². The number of nitrogens with zero attached hydrogens (tertiary/aromatic N) is 6. The van der Waals surface area contributed by atoms with Gasteiger partial charge in [0.2, 0.25) is 5.95 Å². The fraction of sp³-hybridized carbons (Fsp3) is 0.400. The molecule has 206 valence electrons. The number of aromatic nitrogens is 5. The van der Waals surface area contributed by atoms with Gasteiger partial charge in [-0.1, -0.05) is 12.1 Å². The lowest BCUT2D eigenvalue weighted by Crippen LogP contribution is -2.31. The van der Waals surface area contributed by atoms with E-state index in [2.05, 4.69) is 41.0 Å². The molecule has 1 atom stereocenters. The lowest BCUT2D eigenvalue weighted by molar-refractivity contribution is 0.00793. The molecule has 10 nitrogen and oxygen atoms in total. The van der Waals surface area contributed by atoms with Crippen LogP contribution in [0.4, 0.5) is 11.6 Å². The average molecular weight is 540 g/mol. The molecular formula is C30H33N7O3. The first kappa shape index (κ1) is 25.1. The summed E-state index contributed by atoms with van der Waals surface area (Å²) in [5.41, 5.74) is 5.87. The maximum absolute atomic E-state index is 13.4. The van der Waals surface area contributed by atoms with Gasteiger partial charge in [0.25, 0.3) is 5.56 Å². The highest BCUT2D eigenvalue weighted by Gasteiger charge is 2.34. The molecule has 1 saturated heterocycles. The van der Waals surface area contributed by atoms with Crippen LogP contribution in [0.3, 0.4) is 0 Å². The van der Waals surface area contributed by atoms with Gasteiger partial charge in [0.05, 0.1) is 25.5 Å². The number of allylic oxidation sites excluding steroid dienone is 1. The maximum atomic E-state index is 13.4. The zero-order chi connectivity index (χ0) is 27.6. The van der Waals surface area contributed by atoms with E-state index in [1.807, 2.05) is 12.1 Å². The molecule has 0 unspecified atom stereocenters. The van der Waals surface area contributed by atoms with Crippen LogP contribution in [-0.4, -0.2) is 61.1 Å². The minimum atomic E-state index is -1.01. The zero-order valence-corrected chi connectivity index (χ0v) is 22.9. The molecule has 0 saturated carbocycles. The van der Waals surface area contributed by atoms with Crippen molar-refractivity contribution in [3.8, 4) is 5.82 Å². The number of hydrogen-bond acceptors (Lipinski definition) is 8. The number of anilines is 2. The van der Waals surface area contributed by atoms with Gasteiger partial charge in [0, 0.05) is 30.9 Å². The molecule has 3 aromatic heterocycles. The number of aliphatic hydroxyl groups is 1. The largest absolute Gasteiger partial charge is 0.384 e. The number of aryl methyl sites for hydroxylation is 1. The summed E-state index contributed by atoms with van der Waals surface area (Å²) in [5.74, 6) is 1.32. The highest BCUT2D eigenvalue weighted by molar-refractivity contribution is 5.77. The van der Waals surface area contributed by atoms with Crippen LogP contribution in [0.1, 0.15) is 47.2 Å². The number of hydrogen-bond donors (Lipinski definition) is 2. The first-order valence-electron chi connectivity index (χ1n) is 13.8. The SMILES string of the molecule is C=CCn1c(=O)c2cnc(Nc3cc4c(c(C5COC5)c3)CCN(C)C4)nc2n1-c1ccc2c(n1)[C@@](C)(O)CC2. The second kappa shape index (κ2) is 9.36. The molecule has 1 aromatic carbocycles. The van der Waals surface area contributed by atoms with E-state index in [-0.39, 0.29) is 12.1 Å². The number of likely N-dealkylation sites (N-methyl/N-ethyl adjacent to an activating group) is 1. The molecule has 0 spiro atoms. The number of pyridine rings is 1. The smallest absolute Gasteiger partial charge is 0.278 e. The van der Waals surface area contributed by atoms with Crippen molar-refractivity contribution in [2.75, 3.05) is 32.1 Å². The van der Waals surface area contributed by atoms with Crippen molar-refractivity contribution in [3.05, 3.63) is 81.4 Å². The monoisotopic (exact) mass is 539 g/mol. The van der Waals surface area contributed by atoms with Crippen molar-refractivity contribution < 1.29 is 9.84 Å². The summed E-state index contributed by atoms with van der Waals surface area (Å²) in [6, 6.07) is 8.23. The van der Waals surface area contributed by atoms with Crippen LogP contribution in [0, 0.1) is 0 Å². The van der Waals surface area contributed by atoms with E-state index >= 15 is 0 Å². The van der Waals surface area contributed by atoms with Crippen LogP contribution in [-0.2, 0) is 36.3 Å². The molecule has 2 aliphatic heterocycles. The number of benzene rings is 1. The van der Waals surface area contributed by atoms with Gasteiger partial charge in [-0.15, -0.1) is 6.58 Å². The Labute approximate surface area is 231 Å². The van der Waals surface area contributed by atoms with E-state index < -0.39 is 5.60 Å². The Balaban J connectivity index is 1.33. The van der Waals surface area contributed by atoms with Crippen molar-refractivity contribution in [2.24, 2.45) is 0 Å². The second-order valence-corrected chi connectivity index (χ2v) is 11.4. The Morgan fingerprint density at radius 2 is 2.08 bits per heavy atom. The predicted molar refractivity (Wildman–Crippen MR) is 152 cm³/mol. The van der Waals surface area contributed by atoms with E-state index in [9.17, 15) is 9.90 Å². The molecule has 40 heavy (non-hydrogen) atoms. The summed E-state index contributed by atoms with van der Waals surface area (Å²) in [7, 11) is 2.14. The minimum Gasteiger partial charge on any atom is -0.384 e. The third-order valence-electron chi connectivity index (χ3n) is 8.44. The van der Waals surface area contributed by atoms with Gasteiger partial charge in [0.15, 0.2) is 11.5 Å². The molecule has 0 bridgehead atoms. The van der Waals surface area contributed by atoms with Crippen molar-refractivity contribution in [2.45, 2.75) is 50.8 Å². The van der Waals surface area contributed by atoms with Gasteiger partial charge in [-0.05, 0) is 73.7 Å². The van der Waals surface area contributed by atoms with Crippen molar-refractivity contribution in [3.63, 3.8) is 0 Å². The molecular weight excluding hydrogens is 506 g/mol. The minimum absolute atomic E-state index is 0.223. The van der Waals surface area contributed by atoms with Gasteiger partial charge in [-0.25, -0.2) is 19.3 Å². The Morgan fingerprint density at radius 3 is 2.85 bits per heavy atom. The Hall–Kier alpha value is -3.86. The summed E-state index contributed by atoms with van der Waals surface area (Å²) < 4.78 is 8.78. The van der Waals surface area contributed by atoms with Crippen LogP contribution in [0.2, 0.25) is 0 Å². The summed E-state index contributed by atoms with van der Waals surface area (Å²) in [5, 5.41) is 14.7. The van der Waals surface area contributed by atoms with Gasteiger partial charge in [0.1, 0.15) is 11.0 Å². The highest BCUT2D eigenvalue weighted by atomic mass is 16.5. The lowest BCUT2D eigenvalue weighted by atomic mass is 9.86. The quantitative estimate of drug-likeness (QED) is 0.360. The first-order valence-corrected chi connectivity index (χ1v) is 13.8. The van der Waals surface area contributed by atoms with Crippen molar-refractivity contribution in [1.82, 2.24) is 29.2 Å². The normalized spacial score (nSPS) is 20.8. The van der Waals surface area contributed by atoms with Crippen molar-refractivity contribution in [1.29, 1.82) is 0 Å². The molecule has 0 radical (unpaired) electrons. The summed E-state index contributed by atoms with van der Waals surface area (Å²) in [6.07, 6.45) is 5.65. The molecule has 10 heteroatoms.